The lowest BCUT2D eigenvalue weighted by molar-refractivity contribution is -0.117. The Morgan fingerprint density at radius 1 is 1.14 bits per heavy atom. The second-order valence-electron chi connectivity index (χ2n) is 6.60. The molecule has 1 heterocycles. The van der Waals surface area contributed by atoms with Crippen molar-refractivity contribution in [3.63, 3.8) is 0 Å². The van der Waals surface area contributed by atoms with Crippen molar-refractivity contribution in [3.05, 3.63) is 92.7 Å². The zero-order valence-corrected chi connectivity index (χ0v) is 17.6. The summed E-state index contributed by atoms with van der Waals surface area (Å²) in [7, 11) is 0. The van der Waals surface area contributed by atoms with Crippen molar-refractivity contribution in [2.24, 2.45) is 0 Å². The minimum Gasteiger partial charge on any atom is -0.347 e. The number of hydrogen-bond donors (Lipinski definition) is 1. The number of nitriles is 1. The molecule has 4 nitrogen and oxygen atoms in total. The van der Waals surface area contributed by atoms with Gasteiger partial charge in [0, 0.05) is 23.0 Å². The van der Waals surface area contributed by atoms with Crippen LogP contribution in [0, 0.1) is 25.2 Å². The Labute approximate surface area is 180 Å². The van der Waals surface area contributed by atoms with E-state index in [2.05, 4.69) is 5.32 Å². The van der Waals surface area contributed by atoms with E-state index >= 15 is 0 Å². The molecule has 0 unspecified atom stereocenters. The molecule has 0 radical (unpaired) electrons. The van der Waals surface area contributed by atoms with Gasteiger partial charge < -0.3 is 9.88 Å². The summed E-state index contributed by atoms with van der Waals surface area (Å²) in [5.41, 5.74) is 4.30. The molecule has 29 heavy (non-hydrogen) atoms. The molecule has 6 heteroatoms. The zero-order chi connectivity index (χ0) is 21.0. The molecule has 0 fully saturated rings. The summed E-state index contributed by atoms with van der Waals surface area (Å²) in [6, 6.07) is 18.7. The largest absolute Gasteiger partial charge is 0.347 e. The Balaban J connectivity index is 1.89. The predicted molar refractivity (Wildman–Crippen MR) is 117 cm³/mol. The van der Waals surface area contributed by atoms with E-state index in [1.54, 1.807) is 24.3 Å². The van der Waals surface area contributed by atoms with E-state index in [0.717, 1.165) is 28.2 Å². The van der Waals surface area contributed by atoms with Crippen LogP contribution in [0.4, 0.5) is 0 Å². The van der Waals surface area contributed by atoms with Gasteiger partial charge in [-0.05, 0) is 55.3 Å². The first-order valence-corrected chi connectivity index (χ1v) is 9.74. The third kappa shape index (κ3) is 4.71. The normalized spacial score (nSPS) is 11.2. The van der Waals surface area contributed by atoms with Gasteiger partial charge in [-0.15, -0.1) is 0 Å². The number of nitrogens with zero attached hydrogens (tertiary/aromatic N) is 2. The van der Waals surface area contributed by atoms with Crippen molar-refractivity contribution >= 4 is 35.2 Å². The molecule has 0 saturated carbocycles. The van der Waals surface area contributed by atoms with Crippen LogP contribution in [-0.2, 0) is 11.3 Å². The Bertz CT molecular complexity index is 1130. The molecule has 0 aliphatic rings. The summed E-state index contributed by atoms with van der Waals surface area (Å²) < 4.78 is 1.96. The highest BCUT2D eigenvalue weighted by atomic mass is 35.5. The van der Waals surface area contributed by atoms with Gasteiger partial charge in [0.15, 0.2) is 0 Å². The SMILES string of the molecule is Cc1cc(/C=C(/C#N)C(=O)NCc2ccccc2)c(C)n1-c1cc(Cl)ccc1Cl. The molecule has 3 aromatic rings. The van der Waals surface area contributed by atoms with Gasteiger partial charge in [-0.2, -0.15) is 5.26 Å². The van der Waals surface area contributed by atoms with Gasteiger partial charge in [-0.3, -0.25) is 4.79 Å². The average Bonchev–Trinajstić information content (AvgIpc) is 3.00. The number of hydrogen-bond acceptors (Lipinski definition) is 2. The quantitative estimate of drug-likeness (QED) is 0.427. The van der Waals surface area contributed by atoms with Crippen LogP contribution >= 0.6 is 23.2 Å². The van der Waals surface area contributed by atoms with Gasteiger partial charge in [0.25, 0.3) is 5.91 Å². The van der Waals surface area contributed by atoms with E-state index in [4.69, 9.17) is 23.2 Å². The second kappa shape index (κ2) is 9.00. The van der Waals surface area contributed by atoms with Crippen LogP contribution in [-0.4, -0.2) is 10.5 Å². The van der Waals surface area contributed by atoms with Gasteiger partial charge in [0.05, 0.1) is 10.7 Å². The molecule has 0 spiro atoms. The van der Waals surface area contributed by atoms with Crippen molar-refractivity contribution in [1.29, 1.82) is 5.26 Å². The second-order valence-corrected chi connectivity index (χ2v) is 7.44. The van der Waals surface area contributed by atoms with Gasteiger partial charge >= 0.3 is 0 Å². The molecule has 146 valence electrons. The van der Waals surface area contributed by atoms with E-state index in [9.17, 15) is 10.1 Å². The van der Waals surface area contributed by atoms with Crippen LogP contribution in [0.1, 0.15) is 22.5 Å². The molecule has 1 N–H and O–H groups in total. The number of aromatic nitrogens is 1. The maximum absolute atomic E-state index is 12.5. The highest BCUT2D eigenvalue weighted by molar-refractivity contribution is 6.34. The smallest absolute Gasteiger partial charge is 0.262 e. The maximum Gasteiger partial charge on any atom is 0.262 e. The summed E-state index contributed by atoms with van der Waals surface area (Å²) in [6.07, 6.45) is 1.59. The highest BCUT2D eigenvalue weighted by Crippen LogP contribution is 2.29. The van der Waals surface area contributed by atoms with E-state index in [-0.39, 0.29) is 5.57 Å². The molecular weight excluding hydrogens is 405 g/mol. The Morgan fingerprint density at radius 3 is 2.55 bits per heavy atom. The summed E-state index contributed by atoms with van der Waals surface area (Å²) in [5.74, 6) is -0.415. The lowest BCUT2D eigenvalue weighted by atomic mass is 10.1. The lowest BCUT2D eigenvalue weighted by Crippen LogP contribution is -2.23. The third-order valence-electron chi connectivity index (χ3n) is 4.58. The maximum atomic E-state index is 12.5. The van der Waals surface area contributed by atoms with Crippen LogP contribution in [0.3, 0.4) is 0 Å². The number of rotatable bonds is 5. The predicted octanol–water partition coefficient (Wildman–Crippen LogP) is 5.62. The Hall–Kier alpha value is -3.00. The Kier molecular flexibility index (Phi) is 6.43. The van der Waals surface area contributed by atoms with E-state index < -0.39 is 5.91 Å². The Morgan fingerprint density at radius 2 is 1.86 bits per heavy atom. The third-order valence-corrected chi connectivity index (χ3v) is 5.13. The first-order chi connectivity index (χ1) is 13.9. The fourth-order valence-corrected chi connectivity index (χ4v) is 3.51. The molecule has 3 rings (SSSR count). The monoisotopic (exact) mass is 423 g/mol. The number of amides is 1. The fraction of sp³-hybridized carbons (Fsp3) is 0.130. The van der Waals surface area contributed by atoms with Gasteiger partial charge in [0.1, 0.15) is 11.6 Å². The zero-order valence-electron chi connectivity index (χ0n) is 16.0. The summed E-state index contributed by atoms with van der Waals surface area (Å²) in [5, 5.41) is 13.4. The number of nitrogens with one attached hydrogen (secondary N) is 1. The number of aryl methyl sites for hydroxylation is 1. The minimum atomic E-state index is -0.415. The highest BCUT2D eigenvalue weighted by Gasteiger charge is 2.15. The van der Waals surface area contributed by atoms with Crippen molar-refractivity contribution in [2.75, 3.05) is 0 Å². The van der Waals surface area contributed by atoms with Crippen LogP contribution in [0.25, 0.3) is 11.8 Å². The topological polar surface area (TPSA) is 57.8 Å². The van der Waals surface area contributed by atoms with Crippen molar-refractivity contribution in [3.8, 4) is 11.8 Å². The fourth-order valence-electron chi connectivity index (χ4n) is 3.14. The molecule has 0 bridgehead atoms. The number of carbonyl (C=O) groups excluding carboxylic acids is 1. The van der Waals surface area contributed by atoms with Crippen molar-refractivity contribution in [2.45, 2.75) is 20.4 Å². The summed E-state index contributed by atoms with van der Waals surface area (Å²) in [6.45, 7) is 4.20. The molecular formula is C23H19Cl2N3O. The average molecular weight is 424 g/mol. The minimum absolute atomic E-state index is 0.0402. The molecule has 0 saturated heterocycles. The lowest BCUT2D eigenvalue weighted by Gasteiger charge is -2.12. The van der Waals surface area contributed by atoms with E-state index in [1.165, 1.54) is 0 Å². The van der Waals surface area contributed by atoms with Crippen LogP contribution in [0.5, 0.6) is 0 Å². The van der Waals surface area contributed by atoms with E-state index in [1.807, 2.05) is 60.9 Å². The number of benzene rings is 2. The van der Waals surface area contributed by atoms with Crippen LogP contribution < -0.4 is 5.32 Å². The van der Waals surface area contributed by atoms with Crippen molar-refractivity contribution < 1.29 is 4.79 Å². The molecule has 1 aromatic heterocycles. The first kappa shape index (κ1) is 20.7. The molecule has 0 aliphatic heterocycles. The summed E-state index contributed by atoms with van der Waals surface area (Å²) in [4.78, 5) is 12.5. The van der Waals surface area contributed by atoms with Crippen molar-refractivity contribution in [1.82, 2.24) is 9.88 Å². The van der Waals surface area contributed by atoms with E-state index in [0.29, 0.717) is 16.6 Å². The number of halogens is 2. The van der Waals surface area contributed by atoms with Gasteiger partial charge in [-0.25, -0.2) is 0 Å². The summed E-state index contributed by atoms with van der Waals surface area (Å²) >= 11 is 12.5. The first-order valence-electron chi connectivity index (χ1n) is 8.99. The van der Waals surface area contributed by atoms with Gasteiger partial charge in [-0.1, -0.05) is 53.5 Å². The molecule has 0 aliphatic carbocycles. The van der Waals surface area contributed by atoms with Crippen LogP contribution in [0.2, 0.25) is 10.0 Å². The van der Waals surface area contributed by atoms with Crippen LogP contribution in [0.15, 0.2) is 60.2 Å². The standard InChI is InChI=1S/C23H19Cl2N3O/c1-15-10-18(16(2)28(15)22-12-20(24)8-9-21(22)25)11-19(13-26)23(29)27-14-17-6-4-3-5-7-17/h3-12H,14H2,1-2H3,(H,27,29)/b19-11-. The number of carbonyl (C=O) groups is 1. The molecule has 2 aromatic carbocycles. The molecule has 1 amide bonds. The van der Waals surface area contributed by atoms with Gasteiger partial charge in [0.2, 0.25) is 0 Å². The molecule has 0 atom stereocenters.